The van der Waals surface area contributed by atoms with Gasteiger partial charge in [0, 0.05) is 5.57 Å². The van der Waals surface area contributed by atoms with Gasteiger partial charge >= 0.3 is 0 Å². The first-order chi connectivity index (χ1) is 7.87. The molecule has 0 aromatic heterocycles. The van der Waals surface area contributed by atoms with Gasteiger partial charge in [-0.2, -0.15) is 0 Å². The van der Waals surface area contributed by atoms with Crippen LogP contribution in [0.1, 0.15) is 25.5 Å². The van der Waals surface area contributed by atoms with Crippen molar-refractivity contribution in [1.29, 1.82) is 0 Å². The second-order valence-corrected chi connectivity index (χ2v) is 5.88. The van der Waals surface area contributed by atoms with Gasteiger partial charge in [0.25, 0.3) is 15.9 Å². The third kappa shape index (κ3) is 1.58. The molecular weight excluding hydrogens is 238 g/mol. The molecule has 0 aliphatic carbocycles. The Morgan fingerprint density at radius 3 is 2.47 bits per heavy atom. The highest BCUT2D eigenvalue weighted by atomic mass is 32.2. The maximum Gasteiger partial charge on any atom is 0.267 e. The van der Waals surface area contributed by atoms with E-state index in [2.05, 4.69) is 6.58 Å². The Labute approximate surface area is 101 Å². The van der Waals surface area contributed by atoms with Crippen LogP contribution in [-0.2, 0) is 14.8 Å². The van der Waals surface area contributed by atoms with E-state index >= 15 is 0 Å². The molecule has 1 aromatic rings. The molecule has 2 rings (SSSR count). The molecule has 1 heterocycles. The van der Waals surface area contributed by atoms with Gasteiger partial charge in [-0.15, -0.1) is 0 Å². The Morgan fingerprint density at radius 1 is 1.35 bits per heavy atom. The molecule has 0 N–H and O–H groups in total. The Hall–Kier alpha value is -1.62. The lowest BCUT2D eigenvalue weighted by Crippen LogP contribution is -2.33. The van der Waals surface area contributed by atoms with E-state index < -0.39 is 22.0 Å². The molecule has 0 radical (unpaired) electrons. The van der Waals surface area contributed by atoms with Gasteiger partial charge in [0.1, 0.15) is 0 Å². The Balaban J connectivity index is 2.63. The summed E-state index contributed by atoms with van der Waals surface area (Å²) >= 11 is 0. The largest absolute Gasteiger partial charge is 0.268 e. The fourth-order valence-corrected chi connectivity index (χ4v) is 3.88. The standard InChI is InChI=1S/C12H13NO3S/c1-8(2)12(14)13-9(3)10-6-4-5-7-11(10)17(13,15)16/h4-7,9H,1H2,2-3H3/t9-/m1/s1. The first-order valence-electron chi connectivity index (χ1n) is 5.20. The van der Waals surface area contributed by atoms with E-state index in [1.165, 1.54) is 13.0 Å². The number of rotatable bonds is 1. The zero-order valence-corrected chi connectivity index (χ0v) is 10.5. The first kappa shape index (κ1) is 11.9. The number of nitrogens with zero attached hydrogens (tertiary/aromatic N) is 1. The van der Waals surface area contributed by atoms with Crippen LogP contribution in [-0.4, -0.2) is 18.6 Å². The van der Waals surface area contributed by atoms with Gasteiger partial charge in [-0.25, -0.2) is 12.7 Å². The predicted molar refractivity (Wildman–Crippen MR) is 63.7 cm³/mol. The molecule has 1 aliphatic heterocycles. The lowest BCUT2D eigenvalue weighted by atomic mass is 10.1. The lowest BCUT2D eigenvalue weighted by molar-refractivity contribution is -0.123. The number of fused-ring (bicyclic) bond motifs is 1. The van der Waals surface area contributed by atoms with Crippen molar-refractivity contribution in [1.82, 2.24) is 4.31 Å². The zero-order valence-electron chi connectivity index (χ0n) is 9.67. The summed E-state index contributed by atoms with van der Waals surface area (Å²) in [7, 11) is -3.72. The van der Waals surface area contributed by atoms with Crippen molar-refractivity contribution in [2.75, 3.05) is 0 Å². The molecule has 1 aromatic carbocycles. The molecule has 0 saturated heterocycles. The van der Waals surface area contributed by atoms with Crippen molar-refractivity contribution < 1.29 is 13.2 Å². The smallest absolute Gasteiger partial charge is 0.267 e. The highest BCUT2D eigenvalue weighted by Crippen LogP contribution is 2.39. The van der Waals surface area contributed by atoms with E-state index in [4.69, 9.17) is 0 Å². The van der Waals surface area contributed by atoms with Crippen LogP contribution in [0.15, 0.2) is 41.3 Å². The quantitative estimate of drug-likeness (QED) is 0.716. The highest BCUT2D eigenvalue weighted by Gasteiger charge is 2.42. The molecule has 0 bridgehead atoms. The van der Waals surface area contributed by atoms with E-state index in [9.17, 15) is 13.2 Å². The van der Waals surface area contributed by atoms with Crippen molar-refractivity contribution in [3.05, 3.63) is 42.0 Å². The van der Waals surface area contributed by atoms with Gasteiger partial charge in [0.2, 0.25) is 0 Å². The van der Waals surface area contributed by atoms with E-state index in [1.54, 1.807) is 25.1 Å². The number of carbonyl (C=O) groups excluding carboxylic acids is 1. The second kappa shape index (κ2) is 3.70. The van der Waals surface area contributed by atoms with Gasteiger partial charge < -0.3 is 0 Å². The molecule has 17 heavy (non-hydrogen) atoms. The van der Waals surface area contributed by atoms with Crippen LogP contribution in [0.2, 0.25) is 0 Å². The van der Waals surface area contributed by atoms with Crippen LogP contribution >= 0.6 is 0 Å². The molecular formula is C12H13NO3S. The number of carbonyl (C=O) groups is 1. The van der Waals surface area contributed by atoms with Crippen LogP contribution < -0.4 is 0 Å². The van der Waals surface area contributed by atoms with Crippen LogP contribution in [0.25, 0.3) is 0 Å². The number of benzene rings is 1. The third-order valence-corrected chi connectivity index (χ3v) is 4.75. The normalized spacial score (nSPS) is 21.1. The Morgan fingerprint density at radius 2 is 1.94 bits per heavy atom. The van der Waals surface area contributed by atoms with Gasteiger partial charge in [0.05, 0.1) is 10.9 Å². The number of hydrogen-bond donors (Lipinski definition) is 0. The van der Waals surface area contributed by atoms with Crippen molar-refractivity contribution >= 4 is 15.9 Å². The summed E-state index contributed by atoms with van der Waals surface area (Å²) in [6.45, 7) is 6.71. The summed E-state index contributed by atoms with van der Waals surface area (Å²) in [4.78, 5) is 12.1. The minimum Gasteiger partial charge on any atom is -0.268 e. The topological polar surface area (TPSA) is 54.5 Å². The predicted octanol–water partition coefficient (Wildman–Crippen LogP) is 1.85. The highest BCUT2D eigenvalue weighted by molar-refractivity contribution is 7.90. The number of hydrogen-bond acceptors (Lipinski definition) is 3. The molecule has 5 heteroatoms. The van der Waals surface area contributed by atoms with Crippen molar-refractivity contribution in [3.8, 4) is 0 Å². The van der Waals surface area contributed by atoms with Gasteiger partial charge in [0.15, 0.2) is 0 Å². The molecule has 4 nitrogen and oxygen atoms in total. The summed E-state index contributed by atoms with van der Waals surface area (Å²) in [6.07, 6.45) is 0. The number of amides is 1. The third-order valence-electron chi connectivity index (χ3n) is 2.82. The average Bonchev–Trinajstić information content (AvgIpc) is 2.47. The minimum absolute atomic E-state index is 0.210. The van der Waals surface area contributed by atoms with Crippen LogP contribution in [0.3, 0.4) is 0 Å². The molecule has 1 aliphatic rings. The molecule has 90 valence electrons. The van der Waals surface area contributed by atoms with Crippen LogP contribution in [0.4, 0.5) is 0 Å². The summed E-state index contributed by atoms with van der Waals surface area (Å²) in [5.74, 6) is -0.548. The Bertz CT molecular complexity index is 604. The van der Waals surface area contributed by atoms with Crippen molar-refractivity contribution in [2.45, 2.75) is 24.8 Å². The van der Waals surface area contributed by atoms with Crippen molar-refractivity contribution in [2.24, 2.45) is 0 Å². The van der Waals surface area contributed by atoms with E-state index in [0.717, 1.165) is 4.31 Å². The summed E-state index contributed by atoms with van der Waals surface area (Å²) in [6, 6.07) is 6.19. The van der Waals surface area contributed by atoms with Crippen LogP contribution in [0, 0.1) is 0 Å². The SMILES string of the molecule is C=C(C)C(=O)N1[C@H](C)c2ccccc2S1(=O)=O. The monoisotopic (exact) mass is 251 g/mol. The van der Waals surface area contributed by atoms with Gasteiger partial charge in [-0.3, -0.25) is 4.79 Å². The van der Waals surface area contributed by atoms with Crippen LogP contribution in [0.5, 0.6) is 0 Å². The van der Waals surface area contributed by atoms with Gasteiger partial charge in [-0.1, -0.05) is 24.8 Å². The molecule has 1 amide bonds. The molecule has 0 spiro atoms. The fraction of sp³-hybridized carbons (Fsp3) is 0.250. The summed E-state index contributed by atoms with van der Waals surface area (Å²) < 4.78 is 25.3. The maximum atomic E-state index is 12.2. The minimum atomic E-state index is -3.72. The fourth-order valence-electron chi connectivity index (χ4n) is 1.97. The zero-order chi connectivity index (χ0) is 12.8. The molecule has 0 unspecified atom stereocenters. The maximum absolute atomic E-state index is 12.2. The van der Waals surface area contributed by atoms with E-state index in [-0.39, 0.29) is 10.5 Å². The first-order valence-corrected chi connectivity index (χ1v) is 6.64. The number of sulfonamides is 1. The van der Waals surface area contributed by atoms with Crippen molar-refractivity contribution in [3.63, 3.8) is 0 Å². The summed E-state index contributed by atoms with van der Waals surface area (Å²) in [5, 5.41) is 0. The lowest BCUT2D eigenvalue weighted by Gasteiger charge is -2.20. The van der Waals surface area contributed by atoms with Gasteiger partial charge in [-0.05, 0) is 25.5 Å². The molecule has 0 fully saturated rings. The summed E-state index contributed by atoms with van der Waals surface area (Å²) in [5.41, 5.74) is 0.871. The average molecular weight is 251 g/mol. The molecule has 1 atom stereocenters. The Kier molecular flexibility index (Phi) is 2.58. The molecule has 0 saturated carbocycles. The van der Waals surface area contributed by atoms with E-state index in [1.807, 2.05) is 0 Å². The second-order valence-electron chi connectivity index (χ2n) is 4.10. The van der Waals surface area contributed by atoms with E-state index in [0.29, 0.717) is 5.56 Å².